The predicted octanol–water partition coefficient (Wildman–Crippen LogP) is 3.39. The number of carboxylic acid groups (broad SMARTS) is 2. The van der Waals surface area contributed by atoms with E-state index in [1.165, 1.54) is 0 Å². The Hall–Kier alpha value is -0.361. The fourth-order valence-electron chi connectivity index (χ4n) is 9.93. The van der Waals surface area contributed by atoms with Gasteiger partial charge in [-0.25, -0.2) is 0 Å². The molecule has 5 aliphatic rings. The van der Waals surface area contributed by atoms with E-state index in [4.69, 9.17) is 10.6 Å². The summed E-state index contributed by atoms with van der Waals surface area (Å²) in [5, 5.41) is 41.8. The van der Waals surface area contributed by atoms with Crippen LogP contribution in [0, 0.1) is 47.3 Å². The van der Waals surface area contributed by atoms with Gasteiger partial charge in [0, 0.05) is 36.1 Å². The van der Waals surface area contributed by atoms with Crippen LogP contribution in [0.5, 0.6) is 0 Å². The Labute approximate surface area is 300 Å². The molecule has 11 heteroatoms. The van der Waals surface area contributed by atoms with Gasteiger partial charge in [0.05, 0.1) is 0 Å². The summed E-state index contributed by atoms with van der Waals surface area (Å²) < 4.78 is 0. The van der Waals surface area contributed by atoms with Crippen LogP contribution in [0.15, 0.2) is 25.3 Å². The van der Waals surface area contributed by atoms with Gasteiger partial charge in [-0.2, -0.15) is 0 Å². The molecular formula is C34H54Cl2N4O4Sn. The summed E-state index contributed by atoms with van der Waals surface area (Å²) in [5.74, 6) is 0.472. The molecule has 0 spiro atoms. The average Bonchev–Trinajstić information content (AvgIpc) is 3.59. The van der Waals surface area contributed by atoms with Gasteiger partial charge in [0.25, 0.3) is 0 Å². The van der Waals surface area contributed by atoms with E-state index in [1.54, 1.807) is 0 Å². The molecule has 0 aromatic heterocycles. The number of hydrogen-bond donors (Lipinski definition) is 2. The molecule has 0 radical (unpaired) electrons. The van der Waals surface area contributed by atoms with E-state index in [-0.39, 0.29) is 122 Å². The minimum Gasteiger partial charge on any atom is -0.656 e. The third-order valence-electron chi connectivity index (χ3n) is 12.5. The normalized spacial score (nSPS) is 45.4. The molecule has 5 fully saturated rings. The summed E-state index contributed by atoms with van der Waals surface area (Å²) in [6.45, 7) is 17.6. The van der Waals surface area contributed by atoms with Crippen molar-refractivity contribution < 1.29 is 19.8 Å². The largest absolute Gasteiger partial charge is 4.00 e. The Morgan fingerprint density at radius 1 is 0.644 bits per heavy atom. The van der Waals surface area contributed by atoms with Gasteiger partial charge in [-0.1, -0.05) is 70.9 Å². The topological polar surface area (TPSA) is 133 Å². The van der Waals surface area contributed by atoms with Crippen molar-refractivity contribution in [2.24, 2.45) is 47.3 Å². The standard InChI is InChI=1S/C34H54N4O4.2ClH.Sn/c1-7-21-17(3)25-13-26-19(5)23(9-11-33(39)40)31(37-26)16-32-24(10-12-34(41)42)20(6)28(38-32)15-30-22(8-2)18(4)27(36-30)14-29(21)35-25;;;/h7-8,17-32,37-38H,1-2,9-16H2,3-6H3,(H,39,40)(H,41,42);2*1H;/q-2;;;+4/p-2. The molecule has 0 aromatic carbocycles. The first-order valence-corrected chi connectivity index (χ1v) is 16.6. The molecule has 252 valence electrons. The van der Waals surface area contributed by atoms with Crippen molar-refractivity contribution in [3.8, 4) is 0 Å². The Kier molecular flexibility index (Phi) is 15.7. The Morgan fingerprint density at radius 2 is 1.02 bits per heavy atom. The maximum atomic E-state index is 11.5. The number of nitrogens with one attached hydrogen (secondary N) is 2. The minimum atomic E-state index is -0.998. The summed E-state index contributed by atoms with van der Waals surface area (Å²) in [5.41, 5.74) is 0. The SMILES string of the molecule is C=CC1C2CC3[N-]C(CC4NC(CC5NC(CC([N-]2)C1C)C(C)C5CCC(=O)[O-])C(CCC(=O)[O-])C4C)C(C=C)C3C.Cl.Cl.[Sn+4]. The average molecular weight is 772 g/mol. The molecule has 8 nitrogen and oxygen atoms in total. The van der Waals surface area contributed by atoms with Crippen molar-refractivity contribution in [1.29, 1.82) is 0 Å². The molecule has 5 saturated heterocycles. The monoisotopic (exact) mass is 772 g/mol. The molecule has 0 aromatic rings. The third-order valence-corrected chi connectivity index (χ3v) is 12.5. The first-order valence-electron chi connectivity index (χ1n) is 16.6. The molecule has 0 aliphatic carbocycles. The number of rotatable bonds is 8. The van der Waals surface area contributed by atoms with Crippen molar-refractivity contribution in [2.75, 3.05) is 0 Å². The number of fused-ring (bicyclic) bond motifs is 8. The molecule has 0 amide bonds. The second-order valence-electron chi connectivity index (χ2n) is 14.5. The summed E-state index contributed by atoms with van der Waals surface area (Å²) in [4.78, 5) is 23.0. The summed E-state index contributed by atoms with van der Waals surface area (Å²) >= 11 is 0. The zero-order chi connectivity index (χ0) is 30.3. The molecule has 5 heterocycles. The van der Waals surface area contributed by atoms with Crippen LogP contribution in [0.4, 0.5) is 0 Å². The van der Waals surface area contributed by atoms with Crippen LogP contribution < -0.4 is 20.8 Å². The van der Waals surface area contributed by atoms with Crippen LogP contribution in [0.25, 0.3) is 10.6 Å². The fraction of sp³-hybridized carbons (Fsp3) is 0.824. The Balaban J connectivity index is 0.00000235. The molecule has 5 aliphatic heterocycles. The number of hydrogen-bond acceptors (Lipinski definition) is 6. The van der Waals surface area contributed by atoms with Crippen molar-refractivity contribution in [1.82, 2.24) is 10.6 Å². The maximum absolute atomic E-state index is 11.5. The zero-order valence-corrected chi connectivity index (χ0v) is 31.8. The molecular weight excluding hydrogens is 718 g/mol. The van der Waals surface area contributed by atoms with Gasteiger partial charge in [0.15, 0.2) is 0 Å². The quantitative estimate of drug-likeness (QED) is 0.288. The second-order valence-corrected chi connectivity index (χ2v) is 14.5. The van der Waals surface area contributed by atoms with Crippen LogP contribution in [0.2, 0.25) is 0 Å². The van der Waals surface area contributed by atoms with E-state index in [0.29, 0.717) is 48.3 Å². The molecule has 2 N–H and O–H groups in total. The molecule has 0 saturated carbocycles. The number of aliphatic carboxylic acids is 2. The van der Waals surface area contributed by atoms with E-state index in [9.17, 15) is 19.8 Å². The van der Waals surface area contributed by atoms with E-state index in [2.05, 4.69) is 63.6 Å². The van der Waals surface area contributed by atoms with Gasteiger partial charge >= 0.3 is 23.9 Å². The number of carbonyl (C=O) groups is 2. The van der Waals surface area contributed by atoms with Gasteiger partial charge in [-0.05, 0) is 67.6 Å². The van der Waals surface area contributed by atoms with Gasteiger partial charge in [-0.3, -0.25) is 0 Å². The second kappa shape index (κ2) is 17.3. The minimum absolute atomic E-state index is 0. The summed E-state index contributed by atoms with van der Waals surface area (Å²) in [6, 6.07) is 1.61. The van der Waals surface area contributed by atoms with Gasteiger partial charge in [0.2, 0.25) is 0 Å². The van der Waals surface area contributed by atoms with Gasteiger partial charge < -0.3 is 41.1 Å². The molecule has 16 unspecified atom stereocenters. The zero-order valence-electron chi connectivity index (χ0n) is 27.3. The van der Waals surface area contributed by atoms with Crippen LogP contribution in [-0.2, 0) is 9.59 Å². The molecule has 5 rings (SSSR count). The van der Waals surface area contributed by atoms with Crippen LogP contribution >= 0.6 is 24.8 Å². The van der Waals surface area contributed by atoms with E-state index < -0.39 is 11.9 Å². The van der Waals surface area contributed by atoms with Crippen molar-refractivity contribution >= 4 is 60.7 Å². The Bertz CT molecular complexity index is 1020. The van der Waals surface area contributed by atoms with E-state index in [0.717, 1.165) is 25.7 Å². The van der Waals surface area contributed by atoms with Crippen LogP contribution in [-0.4, -0.2) is 84.2 Å². The number of halogens is 2. The van der Waals surface area contributed by atoms with Crippen molar-refractivity contribution in [3.63, 3.8) is 0 Å². The van der Waals surface area contributed by atoms with E-state index in [1.807, 2.05) is 0 Å². The fourth-order valence-corrected chi connectivity index (χ4v) is 9.93. The molecule has 45 heavy (non-hydrogen) atoms. The first-order chi connectivity index (χ1) is 20.0. The molecule has 8 bridgehead atoms. The summed E-state index contributed by atoms with van der Waals surface area (Å²) in [6.07, 6.45) is 9.13. The van der Waals surface area contributed by atoms with Crippen LogP contribution in [0.3, 0.4) is 0 Å². The van der Waals surface area contributed by atoms with Gasteiger partial charge in [-0.15, -0.1) is 62.1 Å². The van der Waals surface area contributed by atoms with Crippen molar-refractivity contribution in [3.05, 3.63) is 35.9 Å². The Morgan fingerprint density at radius 3 is 1.42 bits per heavy atom. The van der Waals surface area contributed by atoms with Crippen molar-refractivity contribution in [2.45, 2.75) is 127 Å². The number of carboxylic acids is 2. The van der Waals surface area contributed by atoms with E-state index >= 15 is 0 Å². The third kappa shape index (κ3) is 8.63. The van der Waals surface area contributed by atoms with Gasteiger partial charge in [0.1, 0.15) is 0 Å². The number of carbonyl (C=O) groups excluding carboxylic acids is 2. The maximum Gasteiger partial charge on any atom is 4.00 e. The predicted molar refractivity (Wildman–Crippen MR) is 182 cm³/mol. The molecule has 16 atom stereocenters. The van der Waals surface area contributed by atoms with Crippen LogP contribution in [0.1, 0.15) is 79.1 Å². The first kappa shape index (κ1) is 40.8. The summed E-state index contributed by atoms with van der Waals surface area (Å²) in [7, 11) is 0. The number of nitrogens with zero attached hydrogens (tertiary/aromatic N) is 2. The smallest absolute Gasteiger partial charge is 0.656 e.